The zero-order valence-corrected chi connectivity index (χ0v) is 12.7. The van der Waals surface area contributed by atoms with Gasteiger partial charge in [-0.05, 0) is 25.3 Å². The van der Waals surface area contributed by atoms with Gasteiger partial charge in [-0.2, -0.15) is 4.31 Å². The fourth-order valence-electron chi connectivity index (χ4n) is 2.04. The second-order valence-electron chi connectivity index (χ2n) is 4.88. The summed E-state index contributed by atoms with van der Waals surface area (Å²) in [5, 5.41) is 1.76. The van der Waals surface area contributed by atoms with Gasteiger partial charge in [0.15, 0.2) is 0 Å². The lowest BCUT2D eigenvalue weighted by Crippen LogP contribution is -2.54. The van der Waals surface area contributed by atoms with Crippen molar-refractivity contribution < 1.29 is 13.2 Å². The molecular formula is C11H16ClNO3S2. The Balaban J connectivity index is 2.28. The van der Waals surface area contributed by atoms with Gasteiger partial charge in [-0.3, -0.25) is 0 Å². The number of nitrogens with zero attached hydrogens (tertiary/aromatic N) is 1. The van der Waals surface area contributed by atoms with Gasteiger partial charge >= 0.3 is 0 Å². The van der Waals surface area contributed by atoms with Gasteiger partial charge in [0, 0.05) is 19.0 Å². The van der Waals surface area contributed by atoms with Gasteiger partial charge in [0.05, 0.1) is 11.7 Å². The highest BCUT2D eigenvalue weighted by Crippen LogP contribution is 2.28. The van der Waals surface area contributed by atoms with Crippen LogP contribution in [0.4, 0.5) is 0 Å². The Labute approximate surface area is 117 Å². The maximum absolute atomic E-state index is 12.4. The van der Waals surface area contributed by atoms with Crippen LogP contribution in [0.1, 0.15) is 13.8 Å². The van der Waals surface area contributed by atoms with Crippen molar-refractivity contribution in [3.63, 3.8) is 0 Å². The van der Waals surface area contributed by atoms with Crippen LogP contribution in [0.25, 0.3) is 0 Å². The zero-order valence-electron chi connectivity index (χ0n) is 10.3. The number of ether oxygens (including phenoxy) is 1. The molecule has 1 atom stereocenters. The predicted molar refractivity (Wildman–Crippen MR) is 72.7 cm³/mol. The van der Waals surface area contributed by atoms with Crippen LogP contribution in [0.15, 0.2) is 21.7 Å². The summed E-state index contributed by atoms with van der Waals surface area (Å²) in [5.41, 5.74) is -0.512. The Morgan fingerprint density at radius 2 is 2.33 bits per heavy atom. The van der Waals surface area contributed by atoms with E-state index in [2.05, 4.69) is 0 Å². The molecule has 18 heavy (non-hydrogen) atoms. The average Bonchev–Trinajstić information content (AvgIpc) is 2.80. The van der Waals surface area contributed by atoms with Gasteiger partial charge in [0.25, 0.3) is 10.0 Å². The number of thiophene rings is 1. The van der Waals surface area contributed by atoms with Crippen molar-refractivity contribution in [2.75, 3.05) is 19.0 Å². The number of halogens is 1. The molecule has 1 fully saturated rings. The van der Waals surface area contributed by atoms with Crippen molar-refractivity contribution in [2.24, 2.45) is 0 Å². The highest BCUT2D eigenvalue weighted by molar-refractivity contribution is 7.91. The van der Waals surface area contributed by atoms with Gasteiger partial charge in [0.2, 0.25) is 0 Å². The van der Waals surface area contributed by atoms with E-state index in [9.17, 15) is 8.42 Å². The number of hydrogen-bond donors (Lipinski definition) is 0. The van der Waals surface area contributed by atoms with Crippen LogP contribution in [0.3, 0.4) is 0 Å². The Hall–Kier alpha value is -0.140. The maximum Gasteiger partial charge on any atom is 0.252 e. The van der Waals surface area contributed by atoms with Crippen molar-refractivity contribution in [2.45, 2.75) is 29.8 Å². The molecule has 0 N–H and O–H groups in total. The van der Waals surface area contributed by atoms with Crippen LogP contribution >= 0.6 is 22.9 Å². The lowest BCUT2D eigenvalue weighted by Gasteiger charge is -2.41. The first-order valence-corrected chi connectivity index (χ1v) is 8.48. The van der Waals surface area contributed by atoms with Crippen molar-refractivity contribution in [1.29, 1.82) is 0 Å². The molecule has 2 heterocycles. The maximum atomic E-state index is 12.4. The molecule has 102 valence electrons. The highest BCUT2D eigenvalue weighted by atomic mass is 35.5. The third-order valence-corrected chi connectivity index (χ3v) is 6.24. The van der Waals surface area contributed by atoms with Gasteiger partial charge in [-0.1, -0.05) is 6.07 Å². The van der Waals surface area contributed by atoms with Crippen LogP contribution in [-0.4, -0.2) is 43.4 Å². The van der Waals surface area contributed by atoms with Crippen LogP contribution < -0.4 is 0 Å². The molecule has 0 amide bonds. The minimum absolute atomic E-state index is 0.259. The first-order chi connectivity index (χ1) is 8.35. The topological polar surface area (TPSA) is 46.6 Å². The molecule has 2 rings (SSSR count). The van der Waals surface area contributed by atoms with E-state index in [-0.39, 0.29) is 6.10 Å². The number of hydrogen-bond acceptors (Lipinski definition) is 4. The van der Waals surface area contributed by atoms with E-state index >= 15 is 0 Å². The standard InChI is InChI=1S/C11H16ClNO3S2/c1-11(2)8-13(7-9(6-12)16-11)18(14,15)10-4-3-5-17-10/h3-5,9H,6-8H2,1-2H3. The largest absolute Gasteiger partial charge is 0.368 e. The summed E-state index contributed by atoms with van der Waals surface area (Å²) < 4.78 is 32.4. The third-order valence-electron chi connectivity index (χ3n) is 2.71. The Bertz CT molecular complexity index is 498. The quantitative estimate of drug-likeness (QED) is 0.804. The van der Waals surface area contributed by atoms with Crippen LogP contribution in [0.2, 0.25) is 0 Å². The minimum Gasteiger partial charge on any atom is -0.368 e. The van der Waals surface area contributed by atoms with Crippen LogP contribution in [0, 0.1) is 0 Å². The van der Waals surface area contributed by atoms with E-state index in [4.69, 9.17) is 16.3 Å². The Morgan fingerprint density at radius 3 is 2.89 bits per heavy atom. The molecule has 0 radical (unpaired) electrons. The summed E-state index contributed by atoms with van der Waals surface area (Å²) in [5.74, 6) is 0.292. The lowest BCUT2D eigenvalue weighted by atomic mass is 10.1. The summed E-state index contributed by atoms with van der Waals surface area (Å²) in [6.07, 6.45) is -0.259. The van der Waals surface area contributed by atoms with Crippen LogP contribution in [0.5, 0.6) is 0 Å². The number of morpholine rings is 1. The van der Waals surface area contributed by atoms with Crippen molar-refractivity contribution >= 4 is 33.0 Å². The molecule has 1 aromatic rings. The van der Waals surface area contributed by atoms with E-state index in [1.54, 1.807) is 17.5 Å². The summed E-state index contributed by atoms with van der Waals surface area (Å²) in [4.78, 5) is 0. The first kappa shape index (κ1) is 14.3. The average molecular weight is 310 g/mol. The normalized spacial score (nSPS) is 25.2. The Morgan fingerprint density at radius 1 is 1.61 bits per heavy atom. The summed E-state index contributed by atoms with van der Waals surface area (Å²) in [7, 11) is -3.42. The van der Waals surface area contributed by atoms with Crippen molar-refractivity contribution in [3.8, 4) is 0 Å². The fourth-order valence-corrected chi connectivity index (χ4v) is 4.97. The summed E-state index contributed by atoms with van der Waals surface area (Å²) in [6.45, 7) is 4.42. The fraction of sp³-hybridized carbons (Fsp3) is 0.636. The van der Waals surface area contributed by atoms with Crippen molar-refractivity contribution in [1.82, 2.24) is 4.31 Å². The molecule has 4 nitrogen and oxygen atoms in total. The Kier molecular flexibility index (Phi) is 4.04. The smallest absolute Gasteiger partial charge is 0.252 e. The van der Waals surface area contributed by atoms with Crippen molar-refractivity contribution in [3.05, 3.63) is 17.5 Å². The predicted octanol–water partition coefficient (Wildman–Crippen LogP) is 2.16. The molecule has 1 aromatic heterocycles. The molecule has 1 unspecified atom stereocenters. The molecule has 0 spiro atoms. The minimum atomic E-state index is -3.42. The molecular weight excluding hydrogens is 294 g/mol. The third kappa shape index (κ3) is 2.88. The zero-order chi connectivity index (χ0) is 13.4. The van der Waals surface area contributed by atoms with Gasteiger partial charge < -0.3 is 4.74 Å². The second kappa shape index (κ2) is 5.09. The second-order valence-corrected chi connectivity index (χ2v) is 8.30. The highest BCUT2D eigenvalue weighted by Gasteiger charge is 2.39. The molecule has 0 saturated carbocycles. The number of rotatable bonds is 3. The molecule has 0 aliphatic carbocycles. The first-order valence-electron chi connectivity index (χ1n) is 5.62. The SMILES string of the molecule is CC1(C)CN(S(=O)(=O)c2cccs2)CC(CCl)O1. The number of alkyl halides is 1. The van der Waals surface area contributed by atoms with Gasteiger partial charge in [-0.15, -0.1) is 22.9 Å². The number of sulfonamides is 1. The monoisotopic (exact) mass is 309 g/mol. The van der Waals surface area contributed by atoms with E-state index < -0.39 is 15.6 Å². The lowest BCUT2D eigenvalue weighted by molar-refractivity contribution is -0.107. The molecule has 1 saturated heterocycles. The van der Waals surface area contributed by atoms with E-state index in [0.717, 1.165) is 0 Å². The summed E-state index contributed by atoms with van der Waals surface area (Å²) >= 11 is 7.03. The molecule has 1 aliphatic heterocycles. The molecule has 1 aliphatic rings. The molecule has 7 heteroatoms. The molecule has 0 bridgehead atoms. The summed E-state index contributed by atoms with van der Waals surface area (Å²) in [6, 6.07) is 3.36. The van der Waals surface area contributed by atoms with E-state index in [1.807, 2.05) is 13.8 Å². The van der Waals surface area contributed by atoms with Gasteiger partial charge in [-0.25, -0.2) is 8.42 Å². The van der Waals surface area contributed by atoms with Gasteiger partial charge in [0.1, 0.15) is 4.21 Å². The van der Waals surface area contributed by atoms with E-state index in [0.29, 0.717) is 23.2 Å². The van der Waals surface area contributed by atoms with E-state index in [1.165, 1.54) is 15.6 Å². The van der Waals surface area contributed by atoms with Crippen LogP contribution in [-0.2, 0) is 14.8 Å². The molecule has 0 aromatic carbocycles.